The van der Waals surface area contributed by atoms with Crippen LogP contribution in [0.4, 0.5) is 0 Å². The molecule has 1 aromatic carbocycles. The van der Waals surface area contributed by atoms with Gasteiger partial charge in [0.25, 0.3) is 0 Å². The Labute approximate surface area is 94.5 Å². The lowest BCUT2D eigenvalue weighted by Gasteiger charge is -2.29. The summed E-state index contributed by atoms with van der Waals surface area (Å²) in [5.74, 6) is 0.953. The van der Waals surface area contributed by atoms with E-state index in [4.69, 9.17) is 17.3 Å². The summed E-state index contributed by atoms with van der Waals surface area (Å²) in [6, 6.07) is 7.91. The van der Waals surface area contributed by atoms with Gasteiger partial charge in [0.15, 0.2) is 5.96 Å². The molecule has 0 fully saturated rings. The van der Waals surface area contributed by atoms with Crippen LogP contribution in [0.2, 0.25) is 5.02 Å². The number of aliphatic imine (C=N–C) groups is 1. The molecule has 1 heterocycles. The van der Waals surface area contributed by atoms with Crippen LogP contribution in [0.1, 0.15) is 11.5 Å². The van der Waals surface area contributed by atoms with Crippen LogP contribution in [0.15, 0.2) is 29.3 Å². The molecule has 0 saturated carbocycles. The molecular formula is C11H14ClN3. The average molecular weight is 224 g/mol. The molecule has 0 bridgehead atoms. The maximum Gasteiger partial charge on any atom is 0.191 e. The maximum absolute atomic E-state index is 6.14. The van der Waals surface area contributed by atoms with Gasteiger partial charge in [-0.2, -0.15) is 0 Å². The van der Waals surface area contributed by atoms with E-state index < -0.39 is 0 Å². The Morgan fingerprint density at radius 1 is 1.47 bits per heavy atom. The molecule has 0 spiro atoms. The molecule has 1 aliphatic heterocycles. The van der Waals surface area contributed by atoms with Crippen molar-refractivity contribution in [1.82, 2.24) is 4.90 Å². The van der Waals surface area contributed by atoms with Crippen LogP contribution >= 0.6 is 11.6 Å². The highest BCUT2D eigenvalue weighted by Gasteiger charge is 2.21. The third-order valence-corrected chi connectivity index (χ3v) is 3.05. The van der Waals surface area contributed by atoms with Crippen LogP contribution in [-0.2, 0) is 0 Å². The second-order valence-corrected chi connectivity index (χ2v) is 4.21. The summed E-state index contributed by atoms with van der Waals surface area (Å²) in [4.78, 5) is 6.23. The molecule has 0 aliphatic carbocycles. The lowest BCUT2D eigenvalue weighted by Crippen LogP contribution is -2.41. The zero-order chi connectivity index (χ0) is 10.8. The van der Waals surface area contributed by atoms with Crippen LogP contribution in [0.3, 0.4) is 0 Å². The second-order valence-electron chi connectivity index (χ2n) is 3.80. The highest BCUT2D eigenvalue weighted by atomic mass is 35.5. The summed E-state index contributed by atoms with van der Waals surface area (Å²) in [5.41, 5.74) is 6.85. The molecular weight excluding hydrogens is 210 g/mol. The van der Waals surface area contributed by atoms with Gasteiger partial charge in [-0.1, -0.05) is 29.8 Å². The van der Waals surface area contributed by atoms with E-state index in [1.54, 1.807) is 0 Å². The largest absolute Gasteiger partial charge is 0.370 e. The number of hydrogen-bond donors (Lipinski definition) is 1. The fourth-order valence-electron chi connectivity index (χ4n) is 1.81. The van der Waals surface area contributed by atoms with E-state index in [1.807, 2.05) is 30.1 Å². The van der Waals surface area contributed by atoms with E-state index in [1.165, 1.54) is 0 Å². The number of hydrogen-bond acceptors (Lipinski definition) is 3. The average Bonchev–Trinajstić information content (AvgIpc) is 2.23. The normalized spacial score (nSPS) is 21.3. The first-order chi connectivity index (χ1) is 7.18. The van der Waals surface area contributed by atoms with Gasteiger partial charge in [-0.15, -0.1) is 0 Å². The first-order valence-corrected chi connectivity index (χ1v) is 5.32. The van der Waals surface area contributed by atoms with Gasteiger partial charge >= 0.3 is 0 Å². The number of benzene rings is 1. The van der Waals surface area contributed by atoms with Gasteiger partial charge in [0.1, 0.15) is 0 Å². The number of likely N-dealkylation sites (N-methyl/N-ethyl adjacent to an activating group) is 1. The Hall–Kier alpha value is -1.22. The predicted molar refractivity (Wildman–Crippen MR) is 63.3 cm³/mol. The van der Waals surface area contributed by atoms with Crippen LogP contribution in [-0.4, -0.2) is 31.0 Å². The smallest absolute Gasteiger partial charge is 0.191 e. The monoisotopic (exact) mass is 223 g/mol. The standard InChI is InChI=1S/C11H14ClN3/c1-15-7-8(6-14-11(15)13)9-4-2-3-5-10(9)12/h2-5,8H,6-7H2,1H3,(H2,13,14). The van der Waals surface area contributed by atoms with E-state index in [0.29, 0.717) is 11.9 Å². The third kappa shape index (κ3) is 2.07. The van der Waals surface area contributed by atoms with Gasteiger partial charge in [-0.25, -0.2) is 0 Å². The molecule has 4 heteroatoms. The van der Waals surface area contributed by atoms with Crippen molar-refractivity contribution in [2.45, 2.75) is 5.92 Å². The topological polar surface area (TPSA) is 41.6 Å². The highest BCUT2D eigenvalue weighted by molar-refractivity contribution is 6.31. The highest BCUT2D eigenvalue weighted by Crippen LogP contribution is 2.26. The van der Waals surface area contributed by atoms with E-state index in [9.17, 15) is 0 Å². The molecule has 1 atom stereocenters. The van der Waals surface area contributed by atoms with E-state index in [0.717, 1.165) is 23.7 Å². The molecule has 0 saturated heterocycles. The summed E-state index contributed by atoms with van der Waals surface area (Å²) >= 11 is 6.14. The molecule has 1 aromatic rings. The van der Waals surface area contributed by atoms with Gasteiger partial charge in [0.05, 0.1) is 6.54 Å². The van der Waals surface area contributed by atoms with Crippen molar-refractivity contribution in [3.05, 3.63) is 34.9 Å². The minimum absolute atomic E-state index is 0.344. The Morgan fingerprint density at radius 3 is 2.87 bits per heavy atom. The van der Waals surface area contributed by atoms with Crippen molar-refractivity contribution in [3.8, 4) is 0 Å². The number of rotatable bonds is 1. The summed E-state index contributed by atoms with van der Waals surface area (Å²) in [6.45, 7) is 1.60. The van der Waals surface area contributed by atoms with Gasteiger partial charge < -0.3 is 10.6 Å². The fourth-order valence-corrected chi connectivity index (χ4v) is 2.10. The van der Waals surface area contributed by atoms with Crippen molar-refractivity contribution < 1.29 is 0 Å². The molecule has 3 nitrogen and oxygen atoms in total. The van der Waals surface area contributed by atoms with Crippen molar-refractivity contribution >= 4 is 17.6 Å². The molecule has 1 aliphatic rings. The molecule has 15 heavy (non-hydrogen) atoms. The van der Waals surface area contributed by atoms with Crippen molar-refractivity contribution in [2.75, 3.05) is 20.1 Å². The zero-order valence-electron chi connectivity index (χ0n) is 8.65. The molecule has 1 unspecified atom stereocenters. The second kappa shape index (κ2) is 4.11. The van der Waals surface area contributed by atoms with Crippen LogP contribution in [0.5, 0.6) is 0 Å². The Kier molecular flexibility index (Phi) is 2.82. The van der Waals surface area contributed by atoms with Gasteiger partial charge in [-0.05, 0) is 11.6 Å². The molecule has 0 radical (unpaired) electrons. The molecule has 0 aromatic heterocycles. The number of halogens is 1. The lowest BCUT2D eigenvalue weighted by molar-refractivity contribution is 0.422. The Morgan fingerprint density at radius 2 is 2.20 bits per heavy atom. The number of nitrogens with two attached hydrogens (primary N) is 1. The maximum atomic E-state index is 6.14. The van der Waals surface area contributed by atoms with Crippen molar-refractivity contribution in [2.24, 2.45) is 10.7 Å². The predicted octanol–water partition coefficient (Wildman–Crippen LogP) is 1.68. The molecule has 2 N–H and O–H groups in total. The van der Waals surface area contributed by atoms with Gasteiger partial charge in [0.2, 0.25) is 0 Å². The van der Waals surface area contributed by atoms with Crippen LogP contribution in [0, 0.1) is 0 Å². The van der Waals surface area contributed by atoms with Gasteiger partial charge in [0, 0.05) is 24.5 Å². The van der Waals surface area contributed by atoms with Gasteiger partial charge in [-0.3, -0.25) is 4.99 Å². The fraction of sp³-hybridized carbons (Fsp3) is 0.364. The minimum atomic E-state index is 0.344. The summed E-state index contributed by atoms with van der Waals surface area (Å²) in [7, 11) is 1.95. The number of nitrogens with zero attached hydrogens (tertiary/aromatic N) is 2. The first-order valence-electron chi connectivity index (χ1n) is 4.94. The molecule has 2 rings (SSSR count). The minimum Gasteiger partial charge on any atom is -0.370 e. The van der Waals surface area contributed by atoms with Crippen molar-refractivity contribution in [3.63, 3.8) is 0 Å². The molecule has 0 amide bonds. The Balaban J connectivity index is 2.24. The molecule has 80 valence electrons. The lowest BCUT2D eigenvalue weighted by atomic mass is 9.98. The van der Waals surface area contributed by atoms with E-state index in [-0.39, 0.29) is 0 Å². The SMILES string of the molecule is CN1CC(c2ccccc2Cl)CN=C1N. The van der Waals surface area contributed by atoms with Crippen LogP contribution in [0.25, 0.3) is 0 Å². The van der Waals surface area contributed by atoms with E-state index in [2.05, 4.69) is 11.1 Å². The van der Waals surface area contributed by atoms with E-state index >= 15 is 0 Å². The summed E-state index contributed by atoms with van der Waals surface area (Å²) < 4.78 is 0. The third-order valence-electron chi connectivity index (χ3n) is 2.70. The Bertz CT molecular complexity index is 389. The summed E-state index contributed by atoms with van der Waals surface area (Å²) in [5, 5.41) is 0.812. The zero-order valence-corrected chi connectivity index (χ0v) is 9.41. The number of guanidine groups is 1. The van der Waals surface area contributed by atoms with Crippen LogP contribution < -0.4 is 5.73 Å². The first kappa shape index (κ1) is 10.3. The quantitative estimate of drug-likeness (QED) is 0.787. The summed E-state index contributed by atoms with van der Waals surface area (Å²) in [6.07, 6.45) is 0. The van der Waals surface area contributed by atoms with Crippen molar-refractivity contribution in [1.29, 1.82) is 0 Å².